The highest BCUT2D eigenvalue weighted by Gasteiger charge is 2.12. The highest BCUT2D eigenvalue weighted by atomic mass is 32.2. The molecule has 1 unspecified atom stereocenters. The molecule has 0 fully saturated rings. The third kappa shape index (κ3) is 2.77. The molecule has 2 rings (SSSR count). The summed E-state index contributed by atoms with van der Waals surface area (Å²) in [4.78, 5) is 0. The van der Waals surface area contributed by atoms with Crippen molar-refractivity contribution in [3.8, 4) is 0 Å². The van der Waals surface area contributed by atoms with Gasteiger partial charge in [-0.2, -0.15) is 0 Å². The van der Waals surface area contributed by atoms with Crippen LogP contribution in [0.15, 0.2) is 40.2 Å². The van der Waals surface area contributed by atoms with E-state index in [9.17, 15) is 0 Å². The van der Waals surface area contributed by atoms with Crippen molar-refractivity contribution in [3.63, 3.8) is 0 Å². The van der Waals surface area contributed by atoms with Gasteiger partial charge in [-0.15, -0.1) is 10.2 Å². The zero-order chi connectivity index (χ0) is 10.5. The normalized spacial score (nSPS) is 12.6. The van der Waals surface area contributed by atoms with Gasteiger partial charge in [-0.1, -0.05) is 53.4 Å². The van der Waals surface area contributed by atoms with Crippen LogP contribution >= 0.6 is 23.1 Å². The monoisotopic (exact) mass is 237 g/mol. The van der Waals surface area contributed by atoms with Crippen LogP contribution in [0, 0.1) is 0 Å². The van der Waals surface area contributed by atoms with Gasteiger partial charge in [0.05, 0.1) is 0 Å². The fourth-order valence-corrected chi connectivity index (χ4v) is 2.96. The molecule has 2 N–H and O–H groups in total. The first-order valence-electron chi connectivity index (χ1n) is 4.58. The first-order chi connectivity index (χ1) is 7.40. The number of thioether (sulfide) groups is 1. The van der Waals surface area contributed by atoms with Crippen molar-refractivity contribution < 1.29 is 0 Å². The SMILES string of the molecule is NCC(Sc1nncs1)c1ccccc1. The Balaban J connectivity index is 2.12. The Hall–Kier alpha value is -0.910. The van der Waals surface area contributed by atoms with E-state index in [1.165, 1.54) is 5.56 Å². The molecule has 5 heteroatoms. The van der Waals surface area contributed by atoms with E-state index in [2.05, 4.69) is 22.3 Å². The Kier molecular flexibility index (Phi) is 3.71. The predicted molar refractivity (Wildman–Crippen MR) is 64.0 cm³/mol. The summed E-state index contributed by atoms with van der Waals surface area (Å²) in [7, 11) is 0. The van der Waals surface area contributed by atoms with Gasteiger partial charge in [-0.3, -0.25) is 0 Å². The van der Waals surface area contributed by atoms with Crippen molar-refractivity contribution in [2.45, 2.75) is 9.59 Å². The Labute approximate surface area is 96.7 Å². The molecule has 0 aliphatic carbocycles. The molecule has 1 heterocycles. The minimum Gasteiger partial charge on any atom is -0.329 e. The lowest BCUT2D eigenvalue weighted by Crippen LogP contribution is -2.08. The second-order valence-corrected chi connectivity index (χ2v) is 5.24. The van der Waals surface area contributed by atoms with Crippen LogP contribution in [-0.4, -0.2) is 16.7 Å². The first-order valence-corrected chi connectivity index (χ1v) is 6.34. The lowest BCUT2D eigenvalue weighted by atomic mass is 10.1. The van der Waals surface area contributed by atoms with Crippen LogP contribution in [0.1, 0.15) is 10.8 Å². The molecular weight excluding hydrogens is 226 g/mol. The molecular formula is C10H11N3S2. The molecule has 1 aromatic carbocycles. The standard InChI is InChI=1S/C10H11N3S2/c11-6-9(8-4-2-1-3-5-8)15-10-13-12-7-14-10/h1-5,7,9H,6,11H2. The Morgan fingerprint density at radius 3 is 2.73 bits per heavy atom. The molecule has 15 heavy (non-hydrogen) atoms. The van der Waals surface area contributed by atoms with Gasteiger partial charge < -0.3 is 5.73 Å². The molecule has 0 spiro atoms. The van der Waals surface area contributed by atoms with E-state index < -0.39 is 0 Å². The molecule has 1 atom stereocenters. The Morgan fingerprint density at radius 1 is 1.33 bits per heavy atom. The van der Waals surface area contributed by atoms with Gasteiger partial charge in [0.1, 0.15) is 5.51 Å². The summed E-state index contributed by atoms with van der Waals surface area (Å²) in [6.45, 7) is 0.605. The van der Waals surface area contributed by atoms with Crippen LogP contribution < -0.4 is 5.73 Å². The van der Waals surface area contributed by atoms with E-state index in [1.807, 2.05) is 18.2 Å². The third-order valence-corrected chi connectivity index (χ3v) is 4.06. The summed E-state index contributed by atoms with van der Waals surface area (Å²) in [5.41, 5.74) is 8.73. The maximum Gasteiger partial charge on any atom is 0.174 e. The van der Waals surface area contributed by atoms with Gasteiger partial charge in [0.15, 0.2) is 4.34 Å². The molecule has 78 valence electrons. The van der Waals surface area contributed by atoms with Crippen molar-refractivity contribution in [2.24, 2.45) is 5.73 Å². The smallest absolute Gasteiger partial charge is 0.174 e. The van der Waals surface area contributed by atoms with Crippen molar-refractivity contribution in [1.29, 1.82) is 0 Å². The number of hydrogen-bond acceptors (Lipinski definition) is 5. The minimum atomic E-state index is 0.263. The van der Waals surface area contributed by atoms with Crippen LogP contribution in [0.3, 0.4) is 0 Å². The van der Waals surface area contributed by atoms with E-state index in [1.54, 1.807) is 28.6 Å². The quantitative estimate of drug-likeness (QED) is 0.829. The van der Waals surface area contributed by atoms with E-state index in [0.717, 1.165) is 4.34 Å². The number of nitrogens with two attached hydrogens (primary N) is 1. The minimum absolute atomic E-state index is 0.263. The van der Waals surface area contributed by atoms with Crippen LogP contribution in [0.4, 0.5) is 0 Å². The van der Waals surface area contributed by atoms with E-state index >= 15 is 0 Å². The number of hydrogen-bond donors (Lipinski definition) is 1. The summed E-state index contributed by atoms with van der Waals surface area (Å²) >= 11 is 3.21. The number of aromatic nitrogens is 2. The van der Waals surface area contributed by atoms with E-state index in [0.29, 0.717) is 6.54 Å². The third-order valence-electron chi connectivity index (χ3n) is 1.97. The Morgan fingerprint density at radius 2 is 2.13 bits per heavy atom. The molecule has 0 saturated heterocycles. The number of nitrogens with zero attached hydrogens (tertiary/aromatic N) is 2. The maximum absolute atomic E-state index is 5.76. The first kappa shape index (κ1) is 10.6. The fourth-order valence-electron chi connectivity index (χ4n) is 1.26. The highest BCUT2D eigenvalue weighted by molar-refractivity contribution is 8.01. The summed E-state index contributed by atoms with van der Waals surface area (Å²) < 4.78 is 0.967. The van der Waals surface area contributed by atoms with Gasteiger partial charge in [0.25, 0.3) is 0 Å². The average molecular weight is 237 g/mol. The van der Waals surface area contributed by atoms with E-state index in [4.69, 9.17) is 5.73 Å². The molecule has 0 aliphatic heterocycles. The van der Waals surface area contributed by atoms with Gasteiger partial charge in [-0.05, 0) is 5.56 Å². The predicted octanol–water partition coefficient (Wildman–Crippen LogP) is 2.33. The molecule has 0 aliphatic rings. The van der Waals surface area contributed by atoms with Crippen molar-refractivity contribution in [2.75, 3.05) is 6.54 Å². The van der Waals surface area contributed by atoms with Crippen LogP contribution in [0.5, 0.6) is 0 Å². The number of rotatable bonds is 4. The molecule has 0 bridgehead atoms. The van der Waals surface area contributed by atoms with Crippen molar-refractivity contribution >= 4 is 23.1 Å². The molecule has 0 saturated carbocycles. The summed E-state index contributed by atoms with van der Waals surface area (Å²) in [5.74, 6) is 0. The van der Waals surface area contributed by atoms with Crippen molar-refractivity contribution in [1.82, 2.24) is 10.2 Å². The van der Waals surface area contributed by atoms with E-state index in [-0.39, 0.29) is 5.25 Å². The van der Waals surface area contributed by atoms with Gasteiger partial charge in [-0.25, -0.2) is 0 Å². The Bertz CT molecular complexity index is 388. The fraction of sp³-hybridized carbons (Fsp3) is 0.200. The topological polar surface area (TPSA) is 51.8 Å². The molecule has 2 aromatic rings. The molecule has 0 radical (unpaired) electrons. The summed E-state index contributed by atoms with van der Waals surface area (Å²) in [6, 6.07) is 10.2. The zero-order valence-corrected chi connectivity index (χ0v) is 9.67. The summed E-state index contributed by atoms with van der Waals surface area (Å²) in [6.07, 6.45) is 0. The zero-order valence-electron chi connectivity index (χ0n) is 8.04. The summed E-state index contributed by atoms with van der Waals surface area (Å²) in [5, 5.41) is 8.08. The van der Waals surface area contributed by atoms with Crippen molar-refractivity contribution in [3.05, 3.63) is 41.4 Å². The lowest BCUT2D eigenvalue weighted by molar-refractivity contribution is 0.931. The van der Waals surface area contributed by atoms with Gasteiger partial charge >= 0.3 is 0 Å². The van der Waals surface area contributed by atoms with Gasteiger partial charge in [0, 0.05) is 11.8 Å². The second kappa shape index (κ2) is 5.25. The number of benzene rings is 1. The van der Waals surface area contributed by atoms with Crippen LogP contribution in [0.25, 0.3) is 0 Å². The lowest BCUT2D eigenvalue weighted by Gasteiger charge is -2.12. The molecule has 3 nitrogen and oxygen atoms in total. The maximum atomic E-state index is 5.76. The average Bonchev–Trinajstić information content (AvgIpc) is 2.80. The molecule has 1 aromatic heterocycles. The molecule has 0 amide bonds. The second-order valence-electron chi connectivity index (χ2n) is 2.96. The van der Waals surface area contributed by atoms with Gasteiger partial charge in [0.2, 0.25) is 0 Å². The van der Waals surface area contributed by atoms with Crippen LogP contribution in [-0.2, 0) is 0 Å². The van der Waals surface area contributed by atoms with Crippen LogP contribution in [0.2, 0.25) is 0 Å². The largest absolute Gasteiger partial charge is 0.329 e. The highest BCUT2D eigenvalue weighted by Crippen LogP contribution is 2.34.